The Morgan fingerprint density at radius 1 is 1.35 bits per heavy atom. The summed E-state index contributed by atoms with van der Waals surface area (Å²) in [4.78, 5) is 4.64. The Morgan fingerprint density at radius 3 is 2.95 bits per heavy atom. The molecule has 20 heavy (non-hydrogen) atoms. The van der Waals surface area contributed by atoms with Crippen LogP contribution < -0.4 is 5.32 Å². The van der Waals surface area contributed by atoms with Crippen molar-refractivity contribution < 1.29 is 0 Å². The molecule has 3 heteroatoms. The molecule has 1 aromatic heterocycles. The van der Waals surface area contributed by atoms with Crippen molar-refractivity contribution in [3.63, 3.8) is 0 Å². The van der Waals surface area contributed by atoms with Crippen LogP contribution in [0, 0.1) is 0 Å². The maximum atomic E-state index is 4.64. The zero-order chi connectivity index (χ0) is 14.0. The molecular weight excluding hydrogens is 264 g/mol. The maximum absolute atomic E-state index is 4.64. The highest BCUT2D eigenvalue weighted by molar-refractivity contribution is 8.00. The normalized spacial score (nSPS) is 24.1. The number of nitrogens with one attached hydrogen (secondary N) is 1. The average molecular weight is 286 g/mol. The van der Waals surface area contributed by atoms with E-state index in [2.05, 4.69) is 60.2 Å². The first-order valence-electron chi connectivity index (χ1n) is 7.45. The summed E-state index contributed by atoms with van der Waals surface area (Å²) in [6.45, 7) is 5.58. The van der Waals surface area contributed by atoms with Gasteiger partial charge in [-0.3, -0.25) is 4.98 Å². The van der Waals surface area contributed by atoms with Crippen LogP contribution in [0.1, 0.15) is 38.3 Å². The molecule has 0 spiro atoms. The first-order chi connectivity index (χ1) is 9.74. The third-order valence-electron chi connectivity index (χ3n) is 4.24. The minimum absolute atomic E-state index is 0.280. The average Bonchev–Trinajstić information content (AvgIpc) is 2.92. The number of rotatable bonds is 4. The van der Waals surface area contributed by atoms with Gasteiger partial charge in [0.05, 0.1) is 5.52 Å². The lowest BCUT2D eigenvalue weighted by atomic mass is 9.89. The van der Waals surface area contributed by atoms with Crippen molar-refractivity contribution in [3.05, 3.63) is 42.1 Å². The predicted octanol–water partition coefficient (Wildman–Crippen LogP) is 4.17. The molecule has 1 N–H and O–H groups in total. The molecule has 1 aliphatic heterocycles. The van der Waals surface area contributed by atoms with Gasteiger partial charge in [0, 0.05) is 22.4 Å². The number of fused-ring (bicyclic) bond motifs is 1. The molecule has 2 heterocycles. The lowest BCUT2D eigenvalue weighted by Gasteiger charge is -2.34. The van der Waals surface area contributed by atoms with Crippen LogP contribution >= 0.6 is 11.8 Å². The van der Waals surface area contributed by atoms with Crippen LogP contribution in [-0.4, -0.2) is 22.0 Å². The van der Waals surface area contributed by atoms with Gasteiger partial charge in [0.2, 0.25) is 0 Å². The van der Waals surface area contributed by atoms with Gasteiger partial charge in [-0.15, -0.1) is 0 Å². The highest BCUT2D eigenvalue weighted by Crippen LogP contribution is 2.47. The van der Waals surface area contributed by atoms with Crippen molar-refractivity contribution >= 4 is 22.7 Å². The Morgan fingerprint density at radius 2 is 2.20 bits per heavy atom. The largest absolute Gasteiger partial charge is 0.309 e. The van der Waals surface area contributed by atoms with Crippen molar-refractivity contribution in [2.45, 2.75) is 37.5 Å². The quantitative estimate of drug-likeness (QED) is 0.913. The van der Waals surface area contributed by atoms with E-state index < -0.39 is 0 Å². The standard InChI is InChI=1S/C17H22N2S/c1-3-18-16(17(2)10-6-12-20-17)14-9-4-7-13-8-5-11-19-15(13)14/h4-5,7-9,11,16,18H,3,6,10,12H2,1-2H3. The zero-order valence-corrected chi connectivity index (χ0v) is 13.0. The van der Waals surface area contributed by atoms with E-state index >= 15 is 0 Å². The lowest BCUT2D eigenvalue weighted by Crippen LogP contribution is -2.37. The van der Waals surface area contributed by atoms with Crippen molar-refractivity contribution in [1.29, 1.82) is 0 Å². The Bertz CT molecular complexity index is 585. The summed E-state index contributed by atoms with van der Waals surface area (Å²) < 4.78 is 0.280. The number of hydrogen-bond donors (Lipinski definition) is 1. The van der Waals surface area contributed by atoms with E-state index in [1.165, 1.54) is 29.5 Å². The molecule has 0 radical (unpaired) electrons. The molecule has 1 fully saturated rings. The molecule has 0 aliphatic carbocycles. The van der Waals surface area contributed by atoms with Gasteiger partial charge in [-0.1, -0.05) is 31.2 Å². The van der Waals surface area contributed by atoms with Crippen LogP contribution in [0.25, 0.3) is 10.9 Å². The van der Waals surface area contributed by atoms with E-state index in [0.717, 1.165) is 12.1 Å². The number of benzene rings is 1. The van der Waals surface area contributed by atoms with Gasteiger partial charge in [0.15, 0.2) is 0 Å². The van der Waals surface area contributed by atoms with Gasteiger partial charge in [0.25, 0.3) is 0 Å². The fraction of sp³-hybridized carbons (Fsp3) is 0.471. The van der Waals surface area contributed by atoms with Crippen LogP contribution in [0.3, 0.4) is 0 Å². The molecule has 3 rings (SSSR count). The van der Waals surface area contributed by atoms with Gasteiger partial charge in [0.1, 0.15) is 0 Å². The smallest absolute Gasteiger partial charge is 0.0750 e. The number of hydrogen-bond acceptors (Lipinski definition) is 3. The molecule has 2 aromatic rings. The van der Waals surface area contributed by atoms with Crippen LogP contribution in [0.4, 0.5) is 0 Å². The molecule has 0 amide bonds. The van der Waals surface area contributed by atoms with Crippen LogP contribution in [0.5, 0.6) is 0 Å². The summed E-state index contributed by atoms with van der Waals surface area (Å²) in [7, 11) is 0. The second-order valence-electron chi connectivity index (χ2n) is 5.68. The monoisotopic (exact) mass is 286 g/mol. The summed E-state index contributed by atoms with van der Waals surface area (Å²) in [6.07, 6.45) is 4.50. The van der Waals surface area contributed by atoms with Gasteiger partial charge >= 0.3 is 0 Å². The molecule has 1 saturated heterocycles. The Hall–Kier alpha value is -1.06. The number of nitrogens with zero attached hydrogens (tertiary/aromatic N) is 1. The second-order valence-corrected chi connectivity index (χ2v) is 7.31. The van der Waals surface area contributed by atoms with Crippen LogP contribution in [-0.2, 0) is 0 Å². The third-order valence-corrected chi connectivity index (χ3v) is 5.84. The summed E-state index contributed by atoms with van der Waals surface area (Å²) >= 11 is 2.11. The molecule has 0 saturated carbocycles. The van der Waals surface area contributed by atoms with Gasteiger partial charge in [-0.05, 0) is 43.7 Å². The zero-order valence-electron chi connectivity index (χ0n) is 12.2. The first kappa shape index (κ1) is 13.9. The fourth-order valence-electron chi connectivity index (χ4n) is 3.25. The van der Waals surface area contributed by atoms with E-state index in [1.807, 2.05) is 12.3 Å². The van der Waals surface area contributed by atoms with Gasteiger partial charge < -0.3 is 5.32 Å². The number of para-hydroxylation sites is 1. The Kier molecular flexibility index (Phi) is 3.99. The minimum Gasteiger partial charge on any atom is -0.309 e. The molecule has 2 atom stereocenters. The van der Waals surface area contributed by atoms with Crippen molar-refractivity contribution in [2.75, 3.05) is 12.3 Å². The first-order valence-corrected chi connectivity index (χ1v) is 8.44. The lowest BCUT2D eigenvalue weighted by molar-refractivity contribution is 0.423. The van der Waals surface area contributed by atoms with E-state index in [-0.39, 0.29) is 4.75 Å². The van der Waals surface area contributed by atoms with Gasteiger partial charge in [-0.25, -0.2) is 0 Å². The maximum Gasteiger partial charge on any atom is 0.0750 e. The van der Waals surface area contributed by atoms with Crippen molar-refractivity contribution in [2.24, 2.45) is 0 Å². The summed E-state index contributed by atoms with van der Waals surface area (Å²) in [5, 5.41) is 4.95. The molecular formula is C17H22N2S. The Labute approximate surface area is 125 Å². The molecule has 2 nitrogen and oxygen atoms in total. The molecule has 1 aliphatic rings. The third kappa shape index (κ3) is 2.45. The molecule has 1 aromatic carbocycles. The van der Waals surface area contributed by atoms with E-state index in [9.17, 15) is 0 Å². The number of pyridine rings is 1. The molecule has 106 valence electrons. The topological polar surface area (TPSA) is 24.9 Å². The van der Waals surface area contributed by atoms with E-state index in [1.54, 1.807) is 0 Å². The van der Waals surface area contributed by atoms with Gasteiger partial charge in [-0.2, -0.15) is 11.8 Å². The summed E-state index contributed by atoms with van der Waals surface area (Å²) in [6, 6.07) is 11.1. The van der Waals surface area contributed by atoms with Crippen molar-refractivity contribution in [1.82, 2.24) is 10.3 Å². The highest BCUT2D eigenvalue weighted by atomic mass is 32.2. The second kappa shape index (κ2) is 5.74. The molecule has 2 unspecified atom stereocenters. The van der Waals surface area contributed by atoms with E-state index in [4.69, 9.17) is 0 Å². The predicted molar refractivity (Wildman–Crippen MR) is 88.3 cm³/mol. The Balaban J connectivity index is 2.09. The summed E-state index contributed by atoms with van der Waals surface area (Å²) in [5.41, 5.74) is 2.50. The highest BCUT2D eigenvalue weighted by Gasteiger charge is 2.39. The minimum atomic E-state index is 0.280. The number of aromatic nitrogens is 1. The number of thioether (sulfide) groups is 1. The fourth-order valence-corrected chi connectivity index (χ4v) is 4.67. The van der Waals surface area contributed by atoms with E-state index in [0.29, 0.717) is 6.04 Å². The van der Waals surface area contributed by atoms with Crippen LogP contribution in [0.15, 0.2) is 36.5 Å². The summed E-state index contributed by atoms with van der Waals surface area (Å²) in [5.74, 6) is 1.27. The van der Waals surface area contributed by atoms with Crippen molar-refractivity contribution in [3.8, 4) is 0 Å². The molecule has 0 bridgehead atoms. The van der Waals surface area contributed by atoms with Crippen LogP contribution in [0.2, 0.25) is 0 Å². The SMILES string of the molecule is CCNC(c1cccc2cccnc12)C1(C)CCCS1.